The number of nitrogens with one attached hydrogen (secondary N) is 1. The summed E-state index contributed by atoms with van der Waals surface area (Å²) in [7, 11) is 0. The molecule has 1 atom stereocenters. The largest absolute Gasteiger partial charge is 0.463 e. The lowest BCUT2D eigenvalue weighted by Crippen LogP contribution is -2.49. The van der Waals surface area contributed by atoms with Gasteiger partial charge in [-0.15, -0.1) is 5.10 Å². The summed E-state index contributed by atoms with van der Waals surface area (Å²) in [5, 5.41) is 6.30. The molecule has 1 N–H and O–H groups in total. The summed E-state index contributed by atoms with van der Waals surface area (Å²) in [5.74, 6) is -0.596. The molecule has 1 fully saturated rings. The summed E-state index contributed by atoms with van der Waals surface area (Å²) in [6, 6.07) is 1.36. The van der Waals surface area contributed by atoms with Gasteiger partial charge in [0.25, 0.3) is 0 Å². The van der Waals surface area contributed by atoms with E-state index in [0.717, 1.165) is 0 Å². The van der Waals surface area contributed by atoms with Crippen LogP contribution in [0, 0.1) is 0 Å². The highest BCUT2D eigenvalue weighted by Gasteiger charge is 2.32. The molecule has 1 amide bonds. The molecular weight excluding hydrogens is 306 g/mol. The summed E-state index contributed by atoms with van der Waals surface area (Å²) in [6.07, 6.45) is -1.15. The van der Waals surface area contributed by atoms with Crippen molar-refractivity contribution in [3.8, 4) is 5.88 Å². The number of rotatable bonds is 5. The maximum atomic E-state index is 11.9. The normalized spacial score (nSPS) is 17.7. The number of hydrogen-bond acceptors (Lipinski definition) is 7. The van der Waals surface area contributed by atoms with Crippen LogP contribution in [0.1, 0.15) is 30.8 Å². The molecule has 2 rings (SSSR count). The molecule has 1 unspecified atom stereocenters. The third-order valence-corrected chi connectivity index (χ3v) is 3.21. The van der Waals surface area contributed by atoms with Crippen LogP contribution in [0.4, 0.5) is 4.79 Å². The molecule has 1 aromatic heterocycles. The van der Waals surface area contributed by atoms with E-state index >= 15 is 0 Å². The van der Waals surface area contributed by atoms with E-state index in [1.807, 2.05) is 0 Å². The van der Waals surface area contributed by atoms with Crippen molar-refractivity contribution in [2.75, 3.05) is 26.3 Å². The topological polar surface area (TPSA) is 111 Å². The second-order valence-corrected chi connectivity index (χ2v) is 4.81. The van der Waals surface area contributed by atoms with Crippen molar-refractivity contribution in [2.24, 2.45) is 0 Å². The predicted molar refractivity (Wildman–Crippen MR) is 77.2 cm³/mol. The van der Waals surface area contributed by atoms with Crippen LogP contribution in [0.15, 0.2) is 6.07 Å². The van der Waals surface area contributed by atoms with Crippen molar-refractivity contribution >= 4 is 17.8 Å². The fraction of sp³-hybridized carbons (Fsp3) is 0.571. The Morgan fingerprint density at radius 3 is 2.78 bits per heavy atom. The molecule has 0 bridgehead atoms. The van der Waals surface area contributed by atoms with Crippen molar-refractivity contribution in [3.63, 3.8) is 0 Å². The molecule has 0 aromatic carbocycles. The van der Waals surface area contributed by atoms with Gasteiger partial charge >= 0.3 is 12.1 Å². The standard InChI is InChI=1S/C14H19N3O6/c1-3-21-13(19)9-7-12(16-15-9)23-11-8-17(6-5-10(11)18)14(20)22-4-2/h7,11H,3-6,8H2,1-2H3,(H,15,16). The van der Waals surface area contributed by atoms with Crippen LogP contribution < -0.4 is 4.74 Å². The molecular formula is C14H19N3O6. The summed E-state index contributed by atoms with van der Waals surface area (Å²) >= 11 is 0. The molecule has 1 aliphatic heterocycles. The van der Waals surface area contributed by atoms with Crippen LogP contribution in [0.2, 0.25) is 0 Å². The van der Waals surface area contributed by atoms with E-state index < -0.39 is 18.2 Å². The van der Waals surface area contributed by atoms with E-state index in [4.69, 9.17) is 14.2 Å². The number of ketones is 1. The van der Waals surface area contributed by atoms with Crippen LogP contribution >= 0.6 is 0 Å². The van der Waals surface area contributed by atoms with Crippen molar-refractivity contribution < 1.29 is 28.6 Å². The van der Waals surface area contributed by atoms with E-state index in [9.17, 15) is 14.4 Å². The van der Waals surface area contributed by atoms with Gasteiger partial charge in [0.1, 0.15) is 5.69 Å². The number of piperidine rings is 1. The lowest BCUT2D eigenvalue weighted by Gasteiger charge is -2.30. The van der Waals surface area contributed by atoms with Gasteiger partial charge in [0.2, 0.25) is 5.88 Å². The molecule has 1 aromatic rings. The fourth-order valence-electron chi connectivity index (χ4n) is 2.11. The Balaban J connectivity index is 1.99. The van der Waals surface area contributed by atoms with Gasteiger partial charge in [0.05, 0.1) is 19.8 Å². The monoisotopic (exact) mass is 325 g/mol. The zero-order valence-electron chi connectivity index (χ0n) is 13.0. The molecule has 23 heavy (non-hydrogen) atoms. The van der Waals surface area contributed by atoms with Crippen molar-refractivity contribution in [1.82, 2.24) is 15.1 Å². The van der Waals surface area contributed by atoms with Crippen LogP contribution in [0.3, 0.4) is 0 Å². The second-order valence-electron chi connectivity index (χ2n) is 4.81. The number of hydrogen-bond donors (Lipinski definition) is 1. The zero-order chi connectivity index (χ0) is 16.8. The number of likely N-dealkylation sites (tertiary alicyclic amines) is 1. The number of esters is 1. The average molecular weight is 325 g/mol. The highest BCUT2D eigenvalue weighted by atomic mass is 16.6. The third-order valence-electron chi connectivity index (χ3n) is 3.21. The first-order valence-electron chi connectivity index (χ1n) is 7.38. The predicted octanol–water partition coefficient (Wildman–Crippen LogP) is 0.765. The fourth-order valence-corrected chi connectivity index (χ4v) is 2.11. The molecule has 0 aliphatic carbocycles. The number of ether oxygens (including phenoxy) is 3. The van der Waals surface area contributed by atoms with Gasteiger partial charge in [0, 0.05) is 19.0 Å². The number of aromatic nitrogens is 2. The Morgan fingerprint density at radius 2 is 2.09 bits per heavy atom. The number of nitrogens with zero attached hydrogens (tertiary/aromatic N) is 2. The number of carbonyl (C=O) groups is 3. The van der Waals surface area contributed by atoms with E-state index in [1.165, 1.54) is 11.0 Å². The smallest absolute Gasteiger partial charge is 0.409 e. The molecule has 9 heteroatoms. The lowest BCUT2D eigenvalue weighted by molar-refractivity contribution is -0.129. The van der Waals surface area contributed by atoms with Crippen LogP contribution in [0.25, 0.3) is 0 Å². The van der Waals surface area contributed by atoms with Crippen molar-refractivity contribution in [3.05, 3.63) is 11.8 Å². The third kappa shape index (κ3) is 4.21. The Bertz CT molecular complexity index is 585. The molecule has 1 aliphatic rings. The molecule has 2 heterocycles. The van der Waals surface area contributed by atoms with Gasteiger partial charge in [-0.2, -0.15) is 0 Å². The Hall–Kier alpha value is -2.58. The van der Waals surface area contributed by atoms with Crippen LogP contribution in [-0.2, 0) is 14.3 Å². The minimum Gasteiger partial charge on any atom is -0.463 e. The van der Waals surface area contributed by atoms with Gasteiger partial charge in [0.15, 0.2) is 11.9 Å². The minimum absolute atomic E-state index is 0.0826. The summed E-state index contributed by atoms with van der Waals surface area (Å²) in [4.78, 5) is 36.6. The van der Waals surface area contributed by atoms with Crippen LogP contribution in [0.5, 0.6) is 5.88 Å². The maximum absolute atomic E-state index is 11.9. The number of aromatic amines is 1. The first kappa shape index (κ1) is 16.8. The highest BCUT2D eigenvalue weighted by Crippen LogP contribution is 2.16. The summed E-state index contributed by atoms with van der Waals surface area (Å²) in [5.41, 5.74) is 0.132. The highest BCUT2D eigenvalue weighted by molar-refractivity contribution is 5.88. The van der Waals surface area contributed by atoms with E-state index in [0.29, 0.717) is 6.54 Å². The lowest BCUT2D eigenvalue weighted by atomic mass is 10.1. The molecule has 0 spiro atoms. The Kier molecular flexibility index (Phi) is 5.56. The second kappa shape index (κ2) is 7.61. The number of H-pyrrole nitrogens is 1. The maximum Gasteiger partial charge on any atom is 0.409 e. The molecule has 126 valence electrons. The first-order chi connectivity index (χ1) is 11.0. The van der Waals surface area contributed by atoms with E-state index in [2.05, 4.69) is 10.2 Å². The van der Waals surface area contributed by atoms with Crippen LogP contribution in [-0.4, -0.2) is 65.4 Å². The molecule has 0 saturated carbocycles. The number of Topliss-reactive ketones (excluding diaryl/α,β-unsaturated/α-hetero) is 1. The average Bonchev–Trinajstić information content (AvgIpc) is 2.98. The van der Waals surface area contributed by atoms with Gasteiger partial charge in [-0.1, -0.05) is 0 Å². The zero-order valence-corrected chi connectivity index (χ0v) is 13.0. The van der Waals surface area contributed by atoms with Crippen molar-refractivity contribution in [2.45, 2.75) is 26.4 Å². The summed E-state index contributed by atoms with van der Waals surface area (Å²) < 4.78 is 15.2. The first-order valence-corrected chi connectivity index (χ1v) is 7.38. The minimum atomic E-state index is -0.841. The summed E-state index contributed by atoms with van der Waals surface area (Å²) in [6.45, 7) is 4.28. The number of amides is 1. The Labute approximate surface area is 132 Å². The van der Waals surface area contributed by atoms with E-state index in [1.54, 1.807) is 13.8 Å². The van der Waals surface area contributed by atoms with Gasteiger partial charge in [-0.05, 0) is 13.8 Å². The SMILES string of the molecule is CCOC(=O)c1cc(OC2CN(C(=O)OCC)CCC2=O)n[nH]1. The van der Waals surface area contributed by atoms with Crippen molar-refractivity contribution in [1.29, 1.82) is 0 Å². The molecule has 1 saturated heterocycles. The quantitative estimate of drug-likeness (QED) is 0.796. The molecule has 9 nitrogen and oxygen atoms in total. The Morgan fingerprint density at radius 1 is 1.35 bits per heavy atom. The van der Waals surface area contributed by atoms with Gasteiger partial charge in [-0.3, -0.25) is 9.89 Å². The number of carbonyl (C=O) groups excluding carboxylic acids is 3. The van der Waals surface area contributed by atoms with Gasteiger partial charge in [-0.25, -0.2) is 9.59 Å². The van der Waals surface area contributed by atoms with E-state index in [-0.39, 0.29) is 43.5 Å². The van der Waals surface area contributed by atoms with Gasteiger partial charge < -0.3 is 19.1 Å². The molecule has 0 radical (unpaired) electrons.